The van der Waals surface area contributed by atoms with E-state index in [2.05, 4.69) is 21.6 Å². The molecule has 1 fully saturated rings. The van der Waals surface area contributed by atoms with Crippen LogP contribution in [-0.2, 0) is 4.79 Å². The summed E-state index contributed by atoms with van der Waals surface area (Å²) >= 11 is 2.87. The molecule has 0 radical (unpaired) electrons. The Hall–Kier alpha value is -2.39. The third-order valence-electron chi connectivity index (χ3n) is 4.73. The summed E-state index contributed by atoms with van der Waals surface area (Å²) < 4.78 is 15.9. The maximum atomic E-state index is 14.2. The number of rotatable bonds is 5. The molecule has 1 aliphatic rings. The first kappa shape index (κ1) is 19.9. The first-order valence-electron chi connectivity index (χ1n) is 9.19. The minimum atomic E-state index is -0.292. The van der Waals surface area contributed by atoms with Crippen molar-refractivity contribution >= 4 is 29.4 Å². The van der Waals surface area contributed by atoms with Crippen molar-refractivity contribution in [3.05, 3.63) is 65.0 Å². The van der Waals surface area contributed by atoms with Gasteiger partial charge in [0.25, 0.3) is 0 Å². The van der Waals surface area contributed by atoms with E-state index in [9.17, 15) is 9.18 Å². The molecular weight excluding hydrogens is 409 g/mol. The molecular formula is C20H20FN5OS2. The average molecular weight is 430 g/mol. The molecule has 6 nitrogen and oxygen atoms in total. The number of hydrogen-bond acceptors (Lipinski definition) is 6. The Balaban J connectivity index is 1.48. The number of amides is 1. The van der Waals surface area contributed by atoms with Crippen molar-refractivity contribution in [2.45, 2.75) is 24.4 Å². The number of aromatic nitrogens is 4. The lowest BCUT2D eigenvalue weighted by Crippen LogP contribution is -2.32. The number of carbonyl (C=O) groups is 1. The molecule has 1 amide bonds. The summed E-state index contributed by atoms with van der Waals surface area (Å²) in [5, 5.41) is 12.2. The van der Waals surface area contributed by atoms with Crippen LogP contribution in [0.4, 0.5) is 4.39 Å². The first-order chi connectivity index (χ1) is 14.0. The molecule has 3 aromatic rings. The molecule has 0 spiro atoms. The van der Waals surface area contributed by atoms with Gasteiger partial charge in [-0.2, -0.15) is 4.68 Å². The summed E-state index contributed by atoms with van der Waals surface area (Å²) in [6, 6.07) is 12.7. The highest BCUT2D eigenvalue weighted by Crippen LogP contribution is 2.39. The Morgan fingerprint density at radius 3 is 2.90 bits per heavy atom. The zero-order chi connectivity index (χ0) is 20.4. The summed E-state index contributed by atoms with van der Waals surface area (Å²) in [6.07, 6.45) is 0. The minimum absolute atomic E-state index is 0.0524. The largest absolute Gasteiger partial charge is 0.325 e. The van der Waals surface area contributed by atoms with Crippen LogP contribution >= 0.6 is 23.5 Å². The second-order valence-corrected chi connectivity index (χ2v) is 8.91. The van der Waals surface area contributed by atoms with E-state index in [0.717, 1.165) is 22.6 Å². The van der Waals surface area contributed by atoms with E-state index in [0.29, 0.717) is 17.3 Å². The number of tetrazole rings is 1. The molecule has 1 saturated heterocycles. The van der Waals surface area contributed by atoms with Crippen molar-refractivity contribution in [3.8, 4) is 5.69 Å². The molecule has 150 valence electrons. The van der Waals surface area contributed by atoms with E-state index in [1.807, 2.05) is 26.0 Å². The number of halogens is 1. The molecule has 2 heterocycles. The number of thioether (sulfide) groups is 2. The van der Waals surface area contributed by atoms with Gasteiger partial charge < -0.3 is 4.90 Å². The van der Waals surface area contributed by atoms with Gasteiger partial charge in [-0.1, -0.05) is 47.7 Å². The fraction of sp³-hybridized carbons (Fsp3) is 0.300. The van der Waals surface area contributed by atoms with E-state index in [4.69, 9.17) is 0 Å². The number of benzene rings is 2. The maximum absolute atomic E-state index is 14.2. The van der Waals surface area contributed by atoms with Gasteiger partial charge in [-0.05, 0) is 42.0 Å². The van der Waals surface area contributed by atoms with Crippen molar-refractivity contribution in [1.29, 1.82) is 0 Å². The van der Waals surface area contributed by atoms with Gasteiger partial charge in [-0.15, -0.1) is 16.9 Å². The second kappa shape index (κ2) is 8.54. The van der Waals surface area contributed by atoms with Crippen LogP contribution < -0.4 is 0 Å². The number of carbonyl (C=O) groups excluding carboxylic acids is 1. The Labute approximate surface area is 176 Å². The maximum Gasteiger partial charge on any atom is 0.234 e. The predicted molar refractivity (Wildman–Crippen MR) is 113 cm³/mol. The zero-order valence-electron chi connectivity index (χ0n) is 16.1. The smallest absolute Gasteiger partial charge is 0.234 e. The van der Waals surface area contributed by atoms with Crippen molar-refractivity contribution in [2.24, 2.45) is 0 Å². The number of aryl methyl sites for hydroxylation is 2. The molecule has 0 bridgehead atoms. The summed E-state index contributed by atoms with van der Waals surface area (Å²) in [5.74, 6) is 0.645. The highest BCUT2D eigenvalue weighted by Gasteiger charge is 2.32. The van der Waals surface area contributed by atoms with Gasteiger partial charge in [-0.3, -0.25) is 4.79 Å². The van der Waals surface area contributed by atoms with E-state index >= 15 is 0 Å². The molecule has 9 heteroatoms. The fourth-order valence-corrected chi connectivity index (χ4v) is 5.40. The molecule has 1 aromatic heterocycles. The van der Waals surface area contributed by atoms with Gasteiger partial charge in [0.2, 0.25) is 11.1 Å². The summed E-state index contributed by atoms with van der Waals surface area (Å²) in [5.41, 5.74) is 3.65. The van der Waals surface area contributed by atoms with E-state index < -0.39 is 0 Å². The van der Waals surface area contributed by atoms with Crippen LogP contribution in [0.25, 0.3) is 5.69 Å². The zero-order valence-corrected chi connectivity index (χ0v) is 17.7. The molecule has 0 N–H and O–H groups in total. The van der Waals surface area contributed by atoms with E-state index in [-0.39, 0.29) is 22.9 Å². The monoisotopic (exact) mass is 429 g/mol. The molecule has 0 aliphatic carbocycles. The fourth-order valence-electron chi connectivity index (χ4n) is 3.33. The lowest BCUT2D eigenvalue weighted by atomic mass is 10.1. The van der Waals surface area contributed by atoms with E-state index in [1.54, 1.807) is 39.5 Å². The Morgan fingerprint density at radius 2 is 2.10 bits per heavy atom. The van der Waals surface area contributed by atoms with Crippen LogP contribution in [0.15, 0.2) is 47.6 Å². The second-order valence-electron chi connectivity index (χ2n) is 6.78. The van der Waals surface area contributed by atoms with Crippen molar-refractivity contribution < 1.29 is 9.18 Å². The minimum Gasteiger partial charge on any atom is -0.325 e. The Morgan fingerprint density at radius 1 is 1.28 bits per heavy atom. The molecule has 1 atom stereocenters. The normalized spacial score (nSPS) is 16.4. The SMILES string of the molecule is Cc1ccc(-n2nnnc2SCC(=O)N2CCSC2c2ccccc2F)c(C)c1. The molecule has 1 unspecified atom stereocenters. The summed E-state index contributed by atoms with van der Waals surface area (Å²) in [6.45, 7) is 4.64. The highest BCUT2D eigenvalue weighted by atomic mass is 32.2. The summed E-state index contributed by atoms with van der Waals surface area (Å²) in [4.78, 5) is 14.6. The van der Waals surface area contributed by atoms with Gasteiger partial charge in [0.05, 0.1) is 11.4 Å². The van der Waals surface area contributed by atoms with E-state index in [1.165, 1.54) is 17.8 Å². The lowest BCUT2D eigenvalue weighted by Gasteiger charge is -2.24. The third-order valence-corrected chi connectivity index (χ3v) is 6.88. The van der Waals surface area contributed by atoms with Gasteiger partial charge in [0.15, 0.2) is 0 Å². The molecule has 2 aromatic carbocycles. The van der Waals surface area contributed by atoms with Crippen molar-refractivity contribution in [2.75, 3.05) is 18.1 Å². The van der Waals surface area contributed by atoms with Gasteiger partial charge in [0, 0.05) is 17.9 Å². The number of nitrogens with zero attached hydrogens (tertiary/aromatic N) is 5. The molecule has 4 rings (SSSR count). The average Bonchev–Trinajstić information content (AvgIpc) is 3.36. The predicted octanol–water partition coefficient (Wildman–Crippen LogP) is 3.78. The standard InChI is InChI=1S/C20H20FN5OS2/c1-13-7-8-17(14(2)11-13)26-20(22-23-24-26)29-12-18(27)25-9-10-28-19(25)15-5-3-4-6-16(15)21/h3-8,11,19H,9-10,12H2,1-2H3. The molecule has 29 heavy (non-hydrogen) atoms. The van der Waals surface area contributed by atoms with Gasteiger partial charge in [-0.25, -0.2) is 4.39 Å². The van der Waals surface area contributed by atoms with Crippen LogP contribution in [-0.4, -0.2) is 49.1 Å². The Bertz CT molecular complexity index is 1040. The van der Waals surface area contributed by atoms with Crippen LogP contribution in [0, 0.1) is 19.7 Å². The Kier molecular flexibility index (Phi) is 5.86. The van der Waals surface area contributed by atoms with Crippen LogP contribution in [0.3, 0.4) is 0 Å². The van der Waals surface area contributed by atoms with Gasteiger partial charge >= 0.3 is 0 Å². The van der Waals surface area contributed by atoms with Crippen LogP contribution in [0.2, 0.25) is 0 Å². The number of hydrogen-bond donors (Lipinski definition) is 0. The first-order valence-corrected chi connectivity index (χ1v) is 11.2. The lowest BCUT2D eigenvalue weighted by molar-refractivity contribution is -0.128. The van der Waals surface area contributed by atoms with Crippen LogP contribution in [0.5, 0.6) is 0 Å². The van der Waals surface area contributed by atoms with Gasteiger partial charge in [0.1, 0.15) is 11.2 Å². The highest BCUT2D eigenvalue weighted by molar-refractivity contribution is 8.00. The molecule has 0 saturated carbocycles. The van der Waals surface area contributed by atoms with Crippen molar-refractivity contribution in [3.63, 3.8) is 0 Å². The molecule has 1 aliphatic heterocycles. The van der Waals surface area contributed by atoms with Crippen molar-refractivity contribution in [1.82, 2.24) is 25.1 Å². The third kappa shape index (κ3) is 4.16. The van der Waals surface area contributed by atoms with Crippen LogP contribution in [0.1, 0.15) is 22.1 Å². The topological polar surface area (TPSA) is 63.9 Å². The quantitative estimate of drug-likeness (QED) is 0.575. The summed E-state index contributed by atoms with van der Waals surface area (Å²) in [7, 11) is 0.